The number of para-hydroxylation sites is 1. The third-order valence-electron chi connectivity index (χ3n) is 9.06. The Hall–Kier alpha value is -2.97. The molecule has 0 aromatic heterocycles. The van der Waals surface area contributed by atoms with Crippen LogP contribution in [0.2, 0.25) is 0 Å². The minimum atomic E-state index is -1.12. The summed E-state index contributed by atoms with van der Waals surface area (Å²) < 4.78 is 12.5. The van der Waals surface area contributed by atoms with E-state index < -0.39 is 35.0 Å². The molecule has 3 heterocycles. The summed E-state index contributed by atoms with van der Waals surface area (Å²) in [6.45, 7) is 14.3. The topological polar surface area (TPSA) is 96.4 Å². The molecule has 8 heteroatoms. The molecule has 2 amide bonds. The van der Waals surface area contributed by atoms with Gasteiger partial charge < -0.3 is 24.4 Å². The Kier molecular flexibility index (Phi) is 9.20. The number of anilines is 1. The highest BCUT2D eigenvalue weighted by molar-refractivity contribution is 6.05. The van der Waals surface area contributed by atoms with E-state index in [1.807, 2.05) is 39.0 Å². The summed E-state index contributed by atoms with van der Waals surface area (Å²) in [5.74, 6) is -2.45. The van der Waals surface area contributed by atoms with Crippen LogP contribution in [0.4, 0.5) is 5.69 Å². The Bertz CT molecular complexity index is 1130. The standard InChI is InChI=1S/C32H44N2O6/c1-6-9-12-21-39-30(38)25-24-28(36)34(19-10-11-20-35)27(32(24)17-16-31(25,8-3)40-32)29(37)33(18-7-2)26-22(4)14-13-15-23(26)5/h6-7,13-15,24-25,27,35H,1-2,8-12,16-21H2,3-5H3/t24-,25+,27?,31-,32?/m0/s1. The monoisotopic (exact) mass is 552 g/mol. The van der Waals surface area contributed by atoms with Gasteiger partial charge in [-0.2, -0.15) is 0 Å². The van der Waals surface area contributed by atoms with Gasteiger partial charge >= 0.3 is 5.97 Å². The van der Waals surface area contributed by atoms with Crippen LogP contribution >= 0.6 is 0 Å². The van der Waals surface area contributed by atoms with E-state index in [4.69, 9.17) is 9.47 Å². The molecular formula is C32H44N2O6. The van der Waals surface area contributed by atoms with Crippen LogP contribution < -0.4 is 4.90 Å². The number of aliphatic hydroxyl groups is 1. The van der Waals surface area contributed by atoms with E-state index in [1.165, 1.54) is 0 Å². The number of carbonyl (C=O) groups is 3. The van der Waals surface area contributed by atoms with Crippen molar-refractivity contribution in [2.45, 2.75) is 83.0 Å². The Morgan fingerprint density at radius 2 is 1.90 bits per heavy atom. The van der Waals surface area contributed by atoms with Gasteiger partial charge in [0.2, 0.25) is 5.91 Å². The summed E-state index contributed by atoms with van der Waals surface area (Å²) in [5.41, 5.74) is 0.731. The van der Waals surface area contributed by atoms with E-state index in [0.29, 0.717) is 45.1 Å². The number of aryl methyl sites for hydroxylation is 2. The van der Waals surface area contributed by atoms with Crippen molar-refractivity contribution in [3.63, 3.8) is 0 Å². The molecular weight excluding hydrogens is 508 g/mol. The normalized spacial score (nSPS) is 28.4. The van der Waals surface area contributed by atoms with Crippen molar-refractivity contribution in [2.24, 2.45) is 11.8 Å². The fraction of sp³-hybridized carbons (Fsp3) is 0.594. The van der Waals surface area contributed by atoms with Gasteiger partial charge in [-0.3, -0.25) is 14.4 Å². The van der Waals surface area contributed by atoms with Crippen LogP contribution in [-0.4, -0.2) is 71.3 Å². The zero-order valence-corrected chi connectivity index (χ0v) is 24.2. The van der Waals surface area contributed by atoms with E-state index in [0.717, 1.165) is 23.2 Å². The second-order valence-electron chi connectivity index (χ2n) is 11.4. The summed E-state index contributed by atoms with van der Waals surface area (Å²) in [4.78, 5) is 45.9. The molecule has 3 aliphatic heterocycles. The maximum atomic E-state index is 14.7. The van der Waals surface area contributed by atoms with Crippen molar-refractivity contribution >= 4 is 23.5 Å². The predicted octanol–water partition coefficient (Wildman–Crippen LogP) is 4.26. The number of esters is 1. The number of ether oxygens (including phenoxy) is 2. The molecule has 218 valence electrons. The highest BCUT2D eigenvalue weighted by Crippen LogP contribution is 2.64. The van der Waals surface area contributed by atoms with E-state index in [1.54, 1.807) is 22.0 Å². The molecule has 1 aromatic carbocycles. The van der Waals surface area contributed by atoms with Gasteiger partial charge in [-0.15, -0.1) is 13.2 Å². The minimum absolute atomic E-state index is 0.00465. The number of allylic oxidation sites excluding steroid dienone is 1. The average Bonchev–Trinajstić information content (AvgIpc) is 3.54. The average molecular weight is 553 g/mol. The van der Waals surface area contributed by atoms with Crippen molar-refractivity contribution in [3.05, 3.63) is 54.6 Å². The Morgan fingerprint density at radius 3 is 2.52 bits per heavy atom. The van der Waals surface area contributed by atoms with Crippen LogP contribution in [0.15, 0.2) is 43.5 Å². The zero-order chi connectivity index (χ0) is 29.1. The van der Waals surface area contributed by atoms with Crippen molar-refractivity contribution < 1.29 is 29.0 Å². The van der Waals surface area contributed by atoms with Gasteiger partial charge in [0, 0.05) is 25.4 Å². The molecule has 2 bridgehead atoms. The molecule has 1 N–H and O–H groups in total. The maximum Gasteiger partial charge on any atom is 0.312 e. The fourth-order valence-electron chi connectivity index (χ4n) is 7.28. The number of rotatable bonds is 14. The number of benzene rings is 1. The molecule has 40 heavy (non-hydrogen) atoms. The number of unbranched alkanes of at least 4 members (excludes halogenated alkanes) is 2. The summed E-state index contributed by atoms with van der Waals surface area (Å²) in [6.07, 6.45) is 7.54. The highest BCUT2D eigenvalue weighted by Gasteiger charge is 2.79. The molecule has 2 unspecified atom stereocenters. The molecule has 0 saturated carbocycles. The number of hydrogen-bond donors (Lipinski definition) is 1. The van der Waals surface area contributed by atoms with E-state index >= 15 is 0 Å². The first-order valence-electron chi connectivity index (χ1n) is 14.6. The predicted molar refractivity (Wildman–Crippen MR) is 154 cm³/mol. The number of aliphatic hydroxyl groups excluding tert-OH is 1. The summed E-state index contributed by atoms with van der Waals surface area (Å²) in [7, 11) is 0. The fourth-order valence-corrected chi connectivity index (χ4v) is 7.28. The lowest BCUT2D eigenvalue weighted by Gasteiger charge is -2.37. The molecule has 1 spiro atoms. The SMILES string of the molecule is C=CCCCOC(=O)[C@H]1[C@H]2C(=O)N(CCCCO)C(C(=O)N(CC=C)c3c(C)cccc3C)C23CC[C@]1(CC)O3. The molecule has 0 radical (unpaired) electrons. The van der Waals surface area contributed by atoms with Crippen LogP contribution in [0.1, 0.15) is 63.0 Å². The molecule has 4 rings (SSSR count). The summed E-state index contributed by atoms with van der Waals surface area (Å²) >= 11 is 0. The second kappa shape index (κ2) is 12.3. The molecule has 3 fully saturated rings. The van der Waals surface area contributed by atoms with Crippen LogP contribution in [0, 0.1) is 25.7 Å². The first-order valence-corrected chi connectivity index (χ1v) is 14.6. The van der Waals surface area contributed by atoms with Crippen LogP contribution in [0.5, 0.6) is 0 Å². The summed E-state index contributed by atoms with van der Waals surface area (Å²) in [6, 6.07) is 4.99. The number of hydrogen-bond acceptors (Lipinski definition) is 6. The largest absolute Gasteiger partial charge is 0.465 e. The van der Waals surface area contributed by atoms with Crippen LogP contribution in [0.3, 0.4) is 0 Å². The van der Waals surface area contributed by atoms with Gasteiger partial charge in [0.25, 0.3) is 5.91 Å². The van der Waals surface area contributed by atoms with Crippen molar-refractivity contribution in [2.75, 3.05) is 31.2 Å². The van der Waals surface area contributed by atoms with E-state index in [-0.39, 0.29) is 31.6 Å². The lowest BCUT2D eigenvalue weighted by molar-refractivity contribution is -0.161. The van der Waals surface area contributed by atoms with Crippen LogP contribution in [0.25, 0.3) is 0 Å². The third kappa shape index (κ3) is 4.90. The lowest BCUT2D eigenvalue weighted by Crippen LogP contribution is -2.56. The molecule has 5 atom stereocenters. The molecule has 3 aliphatic rings. The Morgan fingerprint density at radius 1 is 1.18 bits per heavy atom. The van der Waals surface area contributed by atoms with Crippen LogP contribution in [-0.2, 0) is 23.9 Å². The zero-order valence-electron chi connectivity index (χ0n) is 24.2. The third-order valence-corrected chi connectivity index (χ3v) is 9.06. The number of carbonyl (C=O) groups excluding carboxylic acids is 3. The lowest BCUT2D eigenvalue weighted by atomic mass is 9.65. The second-order valence-corrected chi connectivity index (χ2v) is 11.4. The van der Waals surface area contributed by atoms with Gasteiger partial charge in [0.15, 0.2) is 0 Å². The summed E-state index contributed by atoms with van der Waals surface area (Å²) in [5, 5.41) is 9.43. The van der Waals surface area contributed by atoms with Gasteiger partial charge in [0.1, 0.15) is 17.6 Å². The molecule has 3 saturated heterocycles. The number of fused-ring (bicyclic) bond motifs is 1. The minimum Gasteiger partial charge on any atom is -0.465 e. The van der Waals surface area contributed by atoms with E-state index in [9.17, 15) is 19.5 Å². The van der Waals surface area contributed by atoms with E-state index in [2.05, 4.69) is 13.2 Å². The number of amides is 2. The maximum absolute atomic E-state index is 14.7. The molecule has 0 aliphatic carbocycles. The van der Waals surface area contributed by atoms with Gasteiger partial charge in [0.05, 0.1) is 18.1 Å². The van der Waals surface area contributed by atoms with Crippen molar-refractivity contribution in [1.29, 1.82) is 0 Å². The first-order chi connectivity index (χ1) is 19.2. The molecule has 1 aromatic rings. The number of likely N-dealkylation sites (tertiary alicyclic amines) is 1. The molecule has 8 nitrogen and oxygen atoms in total. The number of nitrogens with zero attached hydrogens (tertiary/aromatic N) is 2. The Balaban J connectivity index is 1.77. The van der Waals surface area contributed by atoms with Crippen molar-refractivity contribution in [1.82, 2.24) is 4.90 Å². The van der Waals surface area contributed by atoms with Crippen molar-refractivity contribution in [3.8, 4) is 0 Å². The first kappa shape index (κ1) is 30.0. The highest BCUT2D eigenvalue weighted by atomic mass is 16.6. The van der Waals surface area contributed by atoms with Gasteiger partial charge in [-0.25, -0.2) is 0 Å². The van der Waals surface area contributed by atoms with Gasteiger partial charge in [-0.1, -0.05) is 37.3 Å². The van der Waals surface area contributed by atoms with Gasteiger partial charge in [-0.05, 0) is 69.9 Å². The smallest absolute Gasteiger partial charge is 0.312 e. The quantitative estimate of drug-likeness (QED) is 0.211. The Labute approximate surface area is 238 Å².